The van der Waals surface area contributed by atoms with Gasteiger partial charge in [-0.05, 0) is 17.2 Å². The molecule has 0 aliphatic heterocycles. The van der Waals surface area contributed by atoms with Crippen LogP contribution in [0, 0.1) is 0 Å². The lowest BCUT2D eigenvalue weighted by molar-refractivity contribution is 0.277. The normalized spacial score (nSPS) is 10.7. The van der Waals surface area contributed by atoms with Crippen LogP contribution in [0.2, 0.25) is 5.02 Å². The summed E-state index contributed by atoms with van der Waals surface area (Å²) in [5, 5.41) is 0.622. The van der Waals surface area contributed by atoms with Gasteiger partial charge in [0.05, 0.1) is 12.1 Å². The molecule has 2 aromatic carbocycles. The number of aromatic nitrogens is 1. The Morgan fingerprint density at radius 3 is 2.45 bits per heavy atom. The fourth-order valence-electron chi connectivity index (χ4n) is 2.05. The Balaban J connectivity index is 1.96. The summed E-state index contributed by atoms with van der Waals surface area (Å²) >= 11 is 6.09. The summed E-state index contributed by atoms with van der Waals surface area (Å²) in [5.74, 6) is 0. The molecular weight excluding hydrogens is 274 g/mol. The highest BCUT2D eigenvalue weighted by Gasteiger charge is 2.11. The van der Waals surface area contributed by atoms with E-state index in [0.717, 1.165) is 11.1 Å². The molecule has 0 bridgehead atoms. The second kappa shape index (κ2) is 5.39. The topological polar surface area (TPSA) is 35.1 Å². The standard InChI is InChI=1S/C16H12ClNO2/c17-15-9-5-4-8-13(15)10-18-16(19)14(11-20-18)12-6-2-1-3-7-12/h1-9,11H,10H2. The van der Waals surface area contributed by atoms with Crippen LogP contribution in [0.1, 0.15) is 5.56 Å². The largest absolute Gasteiger partial charge is 0.383 e. The van der Waals surface area contributed by atoms with Gasteiger partial charge in [0.1, 0.15) is 6.26 Å². The summed E-state index contributed by atoms with van der Waals surface area (Å²) in [6.45, 7) is 0.325. The van der Waals surface area contributed by atoms with E-state index in [9.17, 15) is 4.79 Å². The maximum absolute atomic E-state index is 12.3. The average molecular weight is 286 g/mol. The minimum atomic E-state index is -0.156. The molecule has 0 radical (unpaired) electrons. The van der Waals surface area contributed by atoms with Crippen molar-refractivity contribution in [3.05, 3.63) is 81.8 Å². The summed E-state index contributed by atoms with van der Waals surface area (Å²) in [5.41, 5.74) is 2.10. The lowest BCUT2D eigenvalue weighted by atomic mass is 10.1. The van der Waals surface area contributed by atoms with E-state index in [1.165, 1.54) is 11.0 Å². The fourth-order valence-corrected chi connectivity index (χ4v) is 2.24. The molecule has 4 heteroatoms. The Kier molecular flexibility index (Phi) is 3.44. The van der Waals surface area contributed by atoms with Gasteiger partial charge in [0.25, 0.3) is 5.56 Å². The minimum Gasteiger partial charge on any atom is -0.383 e. The molecule has 3 rings (SSSR count). The lowest BCUT2D eigenvalue weighted by Gasteiger charge is -2.02. The third-order valence-electron chi connectivity index (χ3n) is 3.11. The van der Waals surface area contributed by atoms with Crippen LogP contribution in [0.3, 0.4) is 0 Å². The first kappa shape index (κ1) is 12.8. The van der Waals surface area contributed by atoms with Gasteiger partial charge in [-0.25, -0.2) is 0 Å². The average Bonchev–Trinajstić information content (AvgIpc) is 2.84. The summed E-state index contributed by atoms with van der Waals surface area (Å²) in [4.78, 5) is 12.3. The van der Waals surface area contributed by atoms with Gasteiger partial charge >= 0.3 is 0 Å². The fraction of sp³-hybridized carbons (Fsp3) is 0.0625. The highest BCUT2D eigenvalue weighted by atomic mass is 35.5. The number of nitrogens with zero attached hydrogens (tertiary/aromatic N) is 1. The van der Waals surface area contributed by atoms with Gasteiger partial charge in [0.15, 0.2) is 0 Å². The molecule has 1 heterocycles. The molecule has 0 atom stereocenters. The maximum atomic E-state index is 12.3. The van der Waals surface area contributed by atoms with Crippen LogP contribution < -0.4 is 5.56 Å². The Morgan fingerprint density at radius 2 is 1.70 bits per heavy atom. The molecule has 0 saturated carbocycles. The number of hydrogen-bond donors (Lipinski definition) is 0. The molecule has 3 aromatic rings. The molecule has 100 valence electrons. The molecule has 0 fully saturated rings. The Labute approximate surface area is 121 Å². The van der Waals surface area contributed by atoms with Crippen LogP contribution in [-0.2, 0) is 6.54 Å². The maximum Gasteiger partial charge on any atom is 0.290 e. The van der Waals surface area contributed by atoms with Crippen LogP contribution in [-0.4, -0.2) is 4.74 Å². The number of rotatable bonds is 3. The third-order valence-corrected chi connectivity index (χ3v) is 3.48. The van der Waals surface area contributed by atoms with Gasteiger partial charge in [0, 0.05) is 5.02 Å². The second-order valence-electron chi connectivity index (χ2n) is 4.44. The van der Waals surface area contributed by atoms with Gasteiger partial charge < -0.3 is 4.52 Å². The van der Waals surface area contributed by atoms with E-state index in [0.29, 0.717) is 17.1 Å². The van der Waals surface area contributed by atoms with Crippen LogP contribution in [0.5, 0.6) is 0 Å². The van der Waals surface area contributed by atoms with Gasteiger partial charge in [-0.1, -0.05) is 60.1 Å². The lowest BCUT2D eigenvalue weighted by Crippen LogP contribution is -2.16. The summed E-state index contributed by atoms with van der Waals surface area (Å²) in [6.07, 6.45) is 1.48. The van der Waals surface area contributed by atoms with Gasteiger partial charge in [0.2, 0.25) is 0 Å². The highest BCUT2D eigenvalue weighted by Crippen LogP contribution is 2.18. The first-order valence-electron chi connectivity index (χ1n) is 6.23. The Bertz CT molecular complexity index is 774. The molecular formula is C16H12ClNO2. The van der Waals surface area contributed by atoms with E-state index < -0.39 is 0 Å². The molecule has 3 nitrogen and oxygen atoms in total. The first-order chi connectivity index (χ1) is 9.75. The zero-order valence-electron chi connectivity index (χ0n) is 10.6. The van der Waals surface area contributed by atoms with Crippen molar-refractivity contribution in [2.75, 3.05) is 0 Å². The van der Waals surface area contributed by atoms with E-state index in [-0.39, 0.29) is 5.56 Å². The third kappa shape index (κ3) is 2.40. The Hall–Kier alpha value is -2.26. The van der Waals surface area contributed by atoms with E-state index in [1.807, 2.05) is 48.5 Å². The van der Waals surface area contributed by atoms with Crippen LogP contribution in [0.15, 0.2) is 70.2 Å². The SMILES string of the molecule is O=c1c(-c2ccccc2)con1Cc1ccccc1Cl. The van der Waals surface area contributed by atoms with Crippen LogP contribution in [0.4, 0.5) is 0 Å². The van der Waals surface area contributed by atoms with Crippen molar-refractivity contribution in [2.45, 2.75) is 6.54 Å². The van der Waals surface area contributed by atoms with E-state index in [1.54, 1.807) is 6.07 Å². The molecule has 0 aliphatic rings. The van der Waals surface area contributed by atoms with Gasteiger partial charge in [-0.2, -0.15) is 4.74 Å². The summed E-state index contributed by atoms with van der Waals surface area (Å²) in [7, 11) is 0. The predicted molar refractivity (Wildman–Crippen MR) is 79.0 cm³/mol. The van der Waals surface area contributed by atoms with Crippen molar-refractivity contribution in [3.63, 3.8) is 0 Å². The molecule has 0 amide bonds. The summed E-state index contributed by atoms with van der Waals surface area (Å²) in [6, 6.07) is 16.9. The molecule has 0 saturated heterocycles. The van der Waals surface area contributed by atoms with Gasteiger partial charge in [-0.15, -0.1) is 0 Å². The molecule has 0 unspecified atom stereocenters. The molecule has 0 spiro atoms. The number of benzene rings is 2. The van der Waals surface area contributed by atoms with Gasteiger partial charge in [-0.3, -0.25) is 4.79 Å². The first-order valence-corrected chi connectivity index (χ1v) is 6.61. The number of hydrogen-bond acceptors (Lipinski definition) is 2. The van der Waals surface area contributed by atoms with E-state index >= 15 is 0 Å². The smallest absolute Gasteiger partial charge is 0.290 e. The highest BCUT2D eigenvalue weighted by molar-refractivity contribution is 6.31. The van der Waals surface area contributed by atoms with Crippen LogP contribution in [0.25, 0.3) is 11.1 Å². The molecule has 1 aromatic heterocycles. The second-order valence-corrected chi connectivity index (χ2v) is 4.84. The van der Waals surface area contributed by atoms with Crippen molar-refractivity contribution < 1.29 is 4.52 Å². The van der Waals surface area contributed by atoms with Crippen molar-refractivity contribution in [1.82, 2.24) is 4.74 Å². The molecule has 20 heavy (non-hydrogen) atoms. The van der Waals surface area contributed by atoms with E-state index in [2.05, 4.69) is 0 Å². The quantitative estimate of drug-likeness (QED) is 0.733. The van der Waals surface area contributed by atoms with Crippen molar-refractivity contribution in [3.8, 4) is 11.1 Å². The predicted octanol–water partition coefficient (Wildman–Crippen LogP) is 3.81. The number of halogens is 1. The summed E-state index contributed by atoms with van der Waals surface area (Å²) < 4.78 is 6.66. The van der Waals surface area contributed by atoms with E-state index in [4.69, 9.17) is 16.1 Å². The zero-order chi connectivity index (χ0) is 13.9. The molecule has 0 aliphatic carbocycles. The van der Waals surface area contributed by atoms with Crippen molar-refractivity contribution in [2.24, 2.45) is 0 Å². The van der Waals surface area contributed by atoms with Crippen LogP contribution >= 0.6 is 11.6 Å². The zero-order valence-corrected chi connectivity index (χ0v) is 11.4. The molecule has 0 N–H and O–H groups in total. The van der Waals surface area contributed by atoms with Crippen molar-refractivity contribution in [1.29, 1.82) is 0 Å². The monoisotopic (exact) mass is 285 g/mol. The minimum absolute atomic E-state index is 0.156. The van der Waals surface area contributed by atoms with Crippen molar-refractivity contribution >= 4 is 11.6 Å². The Morgan fingerprint density at radius 1 is 1.00 bits per heavy atom.